The number of amides is 1. The molecule has 0 aromatic carbocycles. The Morgan fingerprint density at radius 1 is 1.27 bits per heavy atom. The van der Waals surface area contributed by atoms with Crippen molar-refractivity contribution >= 4 is 27.5 Å². The summed E-state index contributed by atoms with van der Waals surface area (Å²) < 4.78 is 0. The molecule has 1 aliphatic carbocycles. The van der Waals surface area contributed by atoms with Gasteiger partial charge < -0.3 is 9.88 Å². The Labute approximate surface area is 157 Å². The maximum Gasteiger partial charge on any atom is 0.259 e. The summed E-state index contributed by atoms with van der Waals surface area (Å²) in [7, 11) is 0. The minimum absolute atomic E-state index is 0.0303. The molecule has 5 nitrogen and oxygen atoms in total. The molecule has 3 heterocycles. The average molecular weight is 374 g/mol. The Bertz CT molecular complexity index is 875. The van der Waals surface area contributed by atoms with Crippen LogP contribution in [0.2, 0.25) is 0 Å². The molecule has 0 bridgehead atoms. The van der Waals surface area contributed by atoms with Gasteiger partial charge in [-0.3, -0.25) is 9.59 Å². The summed E-state index contributed by atoms with van der Waals surface area (Å²) in [6.45, 7) is 5.68. The van der Waals surface area contributed by atoms with E-state index in [0.29, 0.717) is 12.3 Å². The molecule has 0 unspecified atom stereocenters. The summed E-state index contributed by atoms with van der Waals surface area (Å²) in [5, 5.41) is 0.831. The lowest BCUT2D eigenvalue weighted by atomic mass is 9.94. The summed E-state index contributed by atoms with van der Waals surface area (Å²) in [5.74, 6) is 1.71. The van der Waals surface area contributed by atoms with Crippen LogP contribution in [0.5, 0.6) is 0 Å². The van der Waals surface area contributed by atoms with Gasteiger partial charge in [0.15, 0.2) is 0 Å². The molecule has 1 fully saturated rings. The van der Waals surface area contributed by atoms with E-state index in [1.165, 1.54) is 23.3 Å². The zero-order chi connectivity index (χ0) is 18.3. The first-order valence-corrected chi connectivity index (χ1v) is 10.7. The van der Waals surface area contributed by atoms with Gasteiger partial charge in [0.05, 0.1) is 5.39 Å². The van der Waals surface area contributed by atoms with Crippen LogP contribution in [0.15, 0.2) is 4.79 Å². The quantitative estimate of drug-likeness (QED) is 0.894. The number of aromatic amines is 1. The number of fused-ring (bicyclic) bond motifs is 3. The van der Waals surface area contributed by atoms with Gasteiger partial charge in [-0.2, -0.15) is 0 Å². The molecule has 1 saturated heterocycles. The lowest BCUT2D eigenvalue weighted by molar-refractivity contribution is -0.133. The molecule has 0 radical (unpaired) electrons. The number of rotatable bonds is 3. The van der Waals surface area contributed by atoms with Crippen LogP contribution in [-0.4, -0.2) is 33.9 Å². The van der Waals surface area contributed by atoms with Crippen molar-refractivity contribution in [1.29, 1.82) is 0 Å². The second-order valence-electron chi connectivity index (χ2n) is 8.10. The van der Waals surface area contributed by atoms with Gasteiger partial charge in [0.25, 0.3) is 5.56 Å². The second kappa shape index (κ2) is 7.14. The lowest BCUT2D eigenvalue weighted by Crippen LogP contribution is -2.38. The smallest absolute Gasteiger partial charge is 0.259 e. The van der Waals surface area contributed by atoms with E-state index in [1.807, 2.05) is 4.90 Å². The normalized spacial score (nSPS) is 18.5. The van der Waals surface area contributed by atoms with Crippen molar-refractivity contribution in [3.05, 3.63) is 26.6 Å². The van der Waals surface area contributed by atoms with Gasteiger partial charge in [-0.15, -0.1) is 11.3 Å². The van der Waals surface area contributed by atoms with Crippen molar-refractivity contribution in [2.24, 2.45) is 5.92 Å². The summed E-state index contributed by atoms with van der Waals surface area (Å²) in [6, 6.07) is 0. The van der Waals surface area contributed by atoms with Crippen LogP contribution in [0, 0.1) is 5.92 Å². The van der Waals surface area contributed by atoms with E-state index in [-0.39, 0.29) is 17.4 Å². The lowest BCUT2D eigenvalue weighted by Gasteiger charge is -2.32. The van der Waals surface area contributed by atoms with Gasteiger partial charge in [-0.1, -0.05) is 13.8 Å². The van der Waals surface area contributed by atoms with E-state index in [4.69, 9.17) is 4.98 Å². The molecule has 2 aromatic rings. The van der Waals surface area contributed by atoms with Gasteiger partial charge >= 0.3 is 0 Å². The number of nitrogens with zero attached hydrogens (tertiary/aromatic N) is 2. The van der Waals surface area contributed by atoms with Crippen molar-refractivity contribution < 1.29 is 4.79 Å². The Balaban J connectivity index is 1.53. The van der Waals surface area contributed by atoms with Crippen LogP contribution in [-0.2, 0) is 17.6 Å². The van der Waals surface area contributed by atoms with E-state index >= 15 is 0 Å². The average Bonchev–Trinajstić information content (AvgIpc) is 3.00. The van der Waals surface area contributed by atoms with E-state index < -0.39 is 0 Å². The van der Waals surface area contributed by atoms with E-state index in [1.54, 1.807) is 11.3 Å². The van der Waals surface area contributed by atoms with Crippen LogP contribution in [0.1, 0.15) is 68.1 Å². The number of likely N-dealkylation sites (tertiary alicyclic amines) is 1. The maximum absolute atomic E-state index is 12.7. The van der Waals surface area contributed by atoms with Gasteiger partial charge in [0.2, 0.25) is 5.91 Å². The minimum atomic E-state index is 0.0303. The van der Waals surface area contributed by atoms with Crippen LogP contribution in [0.4, 0.5) is 0 Å². The number of hydrogen-bond acceptors (Lipinski definition) is 4. The molecule has 0 saturated carbocycles. The fourth-order valence-electron chi connectivity index (χ4n) is 4.25. The third kappa shape index (κ3) is 3.31. The molecule has 26 heavy (non-hydrogen) atoms. The van der Waals surface area contributed by atoms with E-state index in [2.05, 4.69) is 18.8 Å². The first-order valence-electron chi connectivity index (χ1n) is 9.85. The van der Waals surface area contributed by atoms with Gasteiger partial charge in [0.1, 0.15) is 10.7 Å². The van der Waals surface area contributed by atoms with Crippen molar-refractivity contribution in [1.82, 2.24) is 14.9 Å². The second-order valence-corrected chi connectivity index (χ2v) is 9.18. The molecular formula is C20H27N3O2S. The van der Waals surface area contributed by atoms with Gasteiger partial charge in [-0.25, -0.2) is 4.98 Å². The molecule has 1 amide bonds. The third-order valence-electron chi connectivity index (χ3n) is 5.66. The van der Waals surface area contributed by atoms with E-state index in [9.17, 15) is 9.59 Å². The number of aryl methyl sites for hydroxylation is 2. The Hall–Kier alpha value is -1.69. The van der Waals surface area contributed by atoms with Crippen LogP contribution in [0.3, 0.4) is 0 Å². The molecule has 4 rings (SSSR count). The standard InChI is InChI=1S/C20H27N3O2S/c1-12(2)11-16(24)23-9-7-13(8-10-23)18-21-19(25)17-14-5-3-4-6-15(14)26-20(17)22-18/h12-13H,3-11H2,1-2H3,(H,21,22,25). The van der Waals surface area contributed by atoms with Crippen LogP contribution >= 0.6 is 11.3 Å². The number of aromatic nitrogens is 2. The molecule has 0 spiro atoms. The molecule has 1 aliphatic heterocycles. The summed E-state index contributed by atoms with van der Waals surface area (Å²) in [4.78, 5) is 37.1. The highest BCUT2D eigenvalue weighted by Crippen LogP contribution is 2.35. The largest absolute Gasteiger partial charge is 0.343 e. The molecule has 1 N–H and O–H groups in total. The number of H-pyrrole nitrogens is 1. The Morgan fingerprint density at radius 2 is 2.00 bits per heavy atom. The zero-order valence-corrected chi connectivity index (χ0v) is 16.5. The molecule has 0 atom stereocenters. The number of piperidine rings is 1. The van der Waals surface area contributed by atoms with Crippen molar-refractivity contribution in [2.45, 2.75) is 64.7 Å². The fraction of sp³-hybridized carbons (Fsp3) is 0.650. The van der Waals surface area contributed by atoms with Crippen LogP contribution < -0.4 is 5.56 Å². The molecular weight excluding hydrogens is 346 g/mol. The number of carbonyl (C=O) groups excluding carboxylic acids is 1. The van der Waals surface area contributed by atoms with Gasteiger partial charge in [0, 0.05) is 30.3 Å². The molecule has 140 valence electrons. The highest BCUT2D eigenvalue weighted by molar-refractivity contribution is 7.18. The third-order valence-corrected chi connectivity index (χ3v) is 6.85. The Morgan fingerprint density at radius 3 is 2.73 bits per heavy atom. The predicted molar refractivity (Wildman–Crippen MR) is 105 cm³/mol. The van der Waals surface area contributed by atoms with Crippen molar-refractivity contribution in [2.75, 3.05) is 13.1 Å². The molecule has 6 heteroatoms. The van der Waals surface area contributed by atoms with Gasteiger partial charge in [-0.05, 0) is 50.0 Å². The minimum Gasteiger partial charge on any atom is -0.343 e. The van der Waals surface area contributed by atoms with Crippen molar-refractivity contribution in [3.8, 4) is 0 Å². The summed E-state index contributed by atoms with van der Waals surface area (Å²) >= 11 is 1.71. The first-order chi connectivity index (χ1) is 12.5. The molecule has 2 aliphatic rings. The highest BCUT2D eigenvalue weighted by Gasteiger charge is 2.27. The maximum atomic E-state index is 12.7. The number of hydrogen-bond donors (Lipinski definition) is 1. The molecule has 2 aromatic heterocycles. The van der Waals surface area contributed by atoms with Crippen molar-refractivity contribution in [3.63, 3.8) is 0 Å². The SMILES string of the molecule is CC(C)CC(=O)N1CCC(c2nc3sc4c(c3c(=O)[nH]2)CCCC4)CC1. The fourth-order valence-corrected chi connectivity index (χ4v) is 5.52. The highest BCUT2D eigenvalue weighted by atomic mass is 32.1. The topological polar surface area (TPSA) is 66.1 Å². The first kappa shape index (κ1) is 17.7. The monoisotopic (exact) mass is 373 g/mol. The summed E-state index contributed by atoms with van der Waals surface area (Å²) in [6.07, 6.45) is 6.85. The zero-order valence-electron chi connectivity index (χ0n) is 15.6. The summed E-state index contributed by atoms with van der Waals surface area (Å²) in [5.41, 5.74) is 1.27. The Kier molecular flexibility index (Phi) is 4.86. The van der Waals surface area contributed by atoms with E-state index in [0.717, 1.165) is 54.8 Å². The van der Waals surface area contributed by atoms with Crippen LogP contribution in [0.25, 0.3) is 10.2 Å². The predicted octanol–water partition coefficient (Wildman–Crippen LogP) is 3.62. The number of carbonyl (C=O) groups is 1. The number of nitrogens with one attached hydrogen (secondary N) is 1. The number of thiophene rings is 1.